The van der Waals surface area contributed by atoms with Crippen molar-refractivity contribution in [3.05, 3.63) is 68.7 Å². The fourth-order valence-corrected chi connectivity index (χ4v) is 5.91. The van der Waals surface area contributed by atoms with Crippen LogP contribution >= 0.6 is 46.6 Å². The lowest BCUT2D eigenvalue weighted by molar-refractivity contribution is -0.139. The second-order valence-electron chi connectivity index (χ2n) is 8.61. The molecule has 2 aromatic carbocycles. The van der Waals surface area contributed by atoms with Gasteiger partial charge in [0.1, 0.15) is 6.04 Å². The number of hydrogen-bond acceptors (Lipinski definition) is 3. The van der Waals surface area contributed by atoms with E-state index in [9.17, 15) is 9.59 Å². The molecule has 1 fully saturated rings. The summed E-state index contributed by atoms with van der Waals surface area (Å²) in [7, 11) is 0. The van der Waals surface area contributed by atoms with E-state index in [1.54, 1.807) is 17.0 Å². The van der Waals surface area contributed by atoms with E-state index in [-0.39, 0.29) is 30.2 Å². The SMILES string of the molecule is CCC(C(=O)NC1CCCCC1)N(Cc1ccc(Cl)cc1Cl)C(=O)CSCc1ccccc1Cl. The monoisotopic (exact) mass is 540 g/mol. The maximum absolute atomic E-state index is 13.4. The topological polar surface area (TPSA) is 49.4 Å². The number of thioether (sulfide) groups is 1. The van der Waals surface area contributed by atoms with Crippen molar-refractivity contribution < 1.29 is 9.59 Å². The average molecular weight is 542 g/mol. The van der Waals surface area contributed by atoms with Crippen molar-refractivity contribution in [3.63, 3.8) is 0 Å². The average Bonchev–Trinajstić information content (AvgIpc) is 2.82. The number of benzene rings is 2. The summed E-state index contributed by atoms with van der Waals surface area (Å²) in [4.78, 5) is 28.4. The van der Waals surface area contributed by atoms with Gasteiger partial charge in [-0.3, -0.25) is 9.59 Å². The van der Waals surface area contributed by atoms with Crippen molar-refractivity contribution >= 4 is 58.4 Å². The second kappa shape index (κ2) is 13.6. The van der Waals surface area contributed by atoms with Crippen molar-refractivity contribution in [2.24, 2.45) is 0 Å². The molecular weight excluding hydrogens is 511 g/mol. The predicted octanol–water partition coefficient (Wildman–Crippen LogP) is 7.14. The minimum Gasteiger partial charge on any atom is -0.352 e. The first-order valence-electron chi connectivity index (χ1n) is 11.7. The summed E-state index contributed by atoms with van der Waals surface area (Å²) in [5.41, 5.74) is 1.75. The number of halogens is 3. The molecule has 1 aliphatic rings. The van der Waals surface area contributed by atoms with E-state index < -0.39 is 6.04 Å². The molecule has 8 heteroatoms. The molecule has 34 heavy (non-hydrogen) atoms. The maximum atomic E-state index is 13.4. The van der Waals surface area contributed by atoms with E-state index in [1.165, 1.54) is 18.2 Å². The van der Waals surface area contributed by atoms with Crippen LogP contribution in [0.3, 0.4) is 0 Å². The van der Waals surface area contributed by atoms with Crippen molar-refractivity contribution in [1.82, 2.24) is 10.2 Å². The van der Waals surface area contributed by atoms with Gasteiger partial charge in [-0.2, -0.15) is 0 Å². The van der Waals surface area contributed by atoms with Gasteiger partial charge in [0, 0.05) is 33.4 Å². The van der Waals surface area contributed by atoms with Gasteiger partial charge in [-0.05, 0) is 48.6 Å². The zero-order valence-electron chi connectivity index (χ0n) is 19.4. The molecule has 0 saturated heterocycles. The van der Waals surface area contributed by atoms with E-state index in [0.717, 1.165) is 36.8 Å². The molecule has 0 aliphatic heterocycles. The number of amides is 2. The Kier molecular flexibility index (Phi) is 10.9. The first-order chi connectivity index (χ1) is 16.4. The van der Waals surface area contributed by atoms with Gasteiger partial charge in [0.25, 0.3) is 0 Å². The zero-order chi connectivity index (χ0) is 24.5. The molecule has 0 bridgehead atoms. The molecule has 0 heterocycles. The summed E-state index contributed by atoms with van der Waals surface area (Å²) in [5.74, 6) is 0.660. The highest BCUT2D eigenvalue weighted by atomic mass is 35.5. The van der Waals surface area contributed by atoms with Gasteiger partial charge in [-0.1, -0.05) is 85.3 Å². The molecule has 2 amide bonds. The van der Waals surface area contributed by atoms with Crippen LogP contribution in [0.5, 0.6) is 0 Å². The van der Waals surface area contributed by atoms with Crippen LogP contribution in [0.2, 0.25) is 15.1 Å². The van der Waals surface area contributed by atoms with Crippen molar-refractivity contribution in [3.8, 4) is 0 Å². The summed E-state index contributed by atoms with van der Waals surface area (Å²) in [6.45, 7) is 2.18. The van der Waals surface area contributed by atoms with E-state index in [0.29, 0.717) is 27.2 Å². The maximum Gasteiger partial charge on any atom is 0.243 e. The lowest BCUT2D eigenvalue weighted by atomic mass is 9.95. The summed E-state index contributed by atoms with van der Waals surface area (Å²) in [6.07, 6.45) is 5.98. The van der Waals surface area contributed by atoms with Crippen LogP contribution in [-0.2, 0) is 21.9 Å². The van der Waals surface area contributed by atoms with E-state index >= 15 is 0 Å². The highest BCUT2D eigenvalue weighted by Gasteiger charge is 2.30. The Morgan fingerprint density at radius 1 is 1.03 bits per heavy atom. The summed E-state index contributed by atoms with van der Waals surface area (Å²) in [6, 6.07) is 12.5. The number of carbonyl (C=O) groups excluding carboxylic acids is 2. The quantitative estimate of drug-likeness (QED) is 0.348. The fourth-order valence-electron chi connectivity index (χ4n) is 4.24. The molecular formula is C26H31Cl3N2O2S. The van der Waals surface area contributed by atoms with Crippen LogP contribution < -0.4 is 5.32 Å². The molecule has 0 aromatic heterocycles. The first-order valence-corrected chi connectivity index (χ1v) is 14.0. The van der Waals surface area contributed by atoms with Crippen LogP contribution in [0.4, 0.5) is 0 Å². The Hall–Kier alpha value is -1.40. The van der Waals surface area contributed by atoms with Crippen LogP contribution in [0.25, 0.3) is 0 Å². The highest BCUT2D eigenvalue weighted by molar-refractivity contribution is 7.99. The van der Waals surface area contributed by atoms with Crippen molar-refractivity contribution in [2.75, 3.05) is 5.75 Å². The van der Waals surface area contributed by atoms with Crippen LogP contribution in [0, 0.1) is 0 Å². The molecule has 1 atom stereocenters. The molecule has 0 radical (unpaired) electrons. The third-order valence-electron chi connectivity index (χ3n) is 6.13. The fraction of sp³-hybridized carbons (Fsp3) is 0.462. The Morgan fingerprint density at radius 3 is 2.44 bits per heavy atom. The minimum atomic E-state index is -0.568. The standard InChI is InChI=1S/C26H31Cl3N2O2S/c1-2-24(26(33)30-21-9-4-3-5-10-21)31(15-18-12-13-20(27)14-23(18)29)25(32)17-34-16-19-8-6-7-11-22(19)28/h6-8,11-14,21,24H,2-5,9-10,15-17H2,1H3,(H,30,33). The Morgan fingerprint density at radius 2 is 1.76 bits per heavy atom. The van der Waals surface area contributed by atoms with Crippen LogP contribution in [0.15, 0.2) is 42.5 Å². The van der Waals surface area contributed by atoms with Gasteiger partial charge in [-0.15, -0.1) is 11.8 Å². The predicted molar refractivity (Wildman–Crippen MR) is 144 cm³/mol. The smallest absolute Gasteiger partial charge is 0.243 e. The van der Waals surface area contributed by atoms with E-state index in [1.807, 2.05) is 37.3 Å². The van der Waals surface area contributed by atoms with E-state index in [4.69, 9.17) is 34.8 Å². The first kappa shape index (κ1) is 27.2. The van der Waals surface area contributed by atoms with Crippen LogP contribution in [-0.4, -0.2) is 34.6 Å². The van der Waals surface area contributed by atoms with Crippen LogP contribution in [0.1, 0.15) is 56.6 Å². The Balaban J connectivity index is 1.74. The van der Waals surface area contributed by atoms with Gasteiger partial charge in [0.05, 0.1) is 5.75 Å². The van der Waals surface area contributed by atoms with Gasteiger partial charge in [0.15, 0.2) is 0 Å². The highest BCUT2D eigenvalue weighted by Crippen LogP contribution is 2.26. The summed E-state index contributed by atoms with van der Waals surface area (Å²) >= 11 is 20.2. The van der Waals surface area contributed by atoms with E-state index in [2.05, 4.69) is 5.32 Å². The second-order valence-corrected chi connectivity index (χ2v) is 10.8. The van der Waals surface area contributed by atoms with Gasteiger partial charge in [-0.25, -0.2) is 0 Å². The normalized spacial score (nSPS) is 15.1. The largest absolute Gasteiger partial charge is 0.352 e. The molecule has 4 nitrogen and oxygen atoms in total. The summed E-state index contributed by atoms with van der Waals surface area (Å²) < 4.78 is 0. The van der Waals surface area contributed by atoms with Crippen molar-refractivity contribution in [2.45, 2.75) is 69.8 Å². The molecule has 1 N–H and O–H groups in total. The molecule has 1 unspecified atom stereocenters. The number of rotatable bonds is 10. The molecule has 2 aromatic rings. The lowest BCUT2D eigenvalue weighted by Gasteiger charge is -2.33. The molecule has 0 spiro atoms. The minimum absolute atomic E-state index is 0.0936. The lowest BCUT2D eigenvalue weighted by Crippen LogP contribution is -2.52. The number of hydrogen-bond donors (Lipinski definition) is 1. The van der Waals surface area contributed by atoms with Gasteiger partial charge >= 0.3 is 0 Å². The van der Waals surface area contributed by atoms with Crippen molar-refractivity contribution in [1.29, 1.82) is 0 Å². The number of nitrogens with one attached hydrogen (secondary N) is 1. The third kappa shape index (κ3) is 7.81. The molecule has 1 aliphatic carbocycles. The third-order valence-corrected chi connectivity index (χ3v) is 8.06. The Labute approximate surface area is 221 Å². The van der Waals surface area contributed by atoms with Gasteiger partial charge in [0.2, 0.25) is 11.8 Å². The Bertz CT molecular complexity index is 982. The zero-order valence-corrected chi connectivity index (χ0v) is 22.5. The van der Waals surface area contributed by atoms with Gasteiger partial charge < -0.3 is 10.2 Å². The number of carbonyl (C=O) groups is 2. The molecule has 3 rings (SSSR count). The number of nitrogens with zero attached hydrogens (tertiary/aromatic N) is 1. The summed E-state index contributed by atoms with van der Waals surface area (Å²) in [5, 5.41) is 4.89. The molecule has 184 valence electrons. The molecule has 1 saturated carbocycles.